The highest BCUT2D eigenvalue weighted by molar-refractivity contribution is 14.0. The number of rotatable bonds is 6. The Morgan fingerprint density at radius 1 is 0.933 bits per heavy atom. The summed E-state index contributed by atoms with van der Waals surface area (Å²) in [5, 5.41) is 6.75. The molecule has 2 heterocycles. The molecule has 158 valence electrons. The average molecular weight is 519 g/mol. The van der Waals surface area contributed by atoms with Gasteiger partial charge in [0.15, 0.2) is 17.5 Å². The molecule has 0 bridgehead atoms. The number of aliphatic imine (C=N–C) groups is 1. The number of hydrogen-bond donors (Lipinski definition) is 2. The summed E-state index contributed by atoms with van der Waals surface area (Å²) >= 11 is 0. The Labute approximate surface area is 193 Å². The van der Waals surface area contributed by atoms with Gasteiger partial charge in [-0.25, -0.2) is 4.99 Å². The van der Waals surface area contributed by atoms with Crippen LogP contribution in [-0.2, 0) is 13.0 Å². The lowest BCUT2D eigenvalue weighted by molar-refractivity contribution is 0.297. The maximum absolute atomic E-state index is 5.79. The fraction of sp³-hybridized carbons (Fsp3) is 0.261. The summed E-state index contributed by atoms with van der Waals surface area (Å²) in [5.41, 5.74) is 2.05. The minimum Gasteiger partial charge on any atom is -0.490 e. The number of ether oxygens (including phenoxy) is 2. The molecule has 2 N–H and O–H groups in total. The normalized spacial score (nSPS) is 13.1. The number of anilines is 1. The Morgan fingerprint density at radius 2 is 1.77 bits per heavy atom. The summed E-state index contributed by atoms with van der Waals surface area (Å²) in [6, 6.07) is 19.9. The highest BCUT2D eigenvalue weighted by Crippen LogP contribution is 2.32. The topological polar surface area (TPSA) is 68.0 Å². The van der Waals surface area contributed by atoms with Crippen LogP contribution in [0.25, 0.3) is 0 Å². The van der Waals surface area contributed by atoms with Crippen molar-refractivity contribution >= 4 is 35.6 Å². The maximum Gasteiger partial charge on any atom is 0.196 e. The third-order valence-electron chi connectivity index (χ3n) is 4.52. The van der Waals surface area contributed by atoms with E-state index in [1.807, 2.05) is 48.5 Å². The minimum atomic E-state index is 0. The second-order valence-electron chi connectivity index (χ2n) is 6.74. The summed E-state index contributed by atoms with van der Waals surface area (Å²) in [7, 11) is 0. The van der Waals surface area contributed by atoms with Gasteiger partial charge in [-0.2, -0.15) is 0 Å². The molecule has 0 atom stereocenters. The van der Waals surface area contributed by atoms with Gasteiger partial charge in [0, 0.05) is 31.1 Å². The van der Waals surface area contributed by atoms with Crippen LogP contribution in [0.15, 0.2) is 76.3 Å². The Hall–Kier alpha value is -2.68. The monoisotopic (exact) mass is 519 g/mol. The third kappa shape index (κ3) is 6.41. The van der Waals surface area contributed by atoms with E-state index < -0.39 is 0 Å². The molecular formula is C23H26IN3O3. The first-order valence-electron chi connectivity index (χ1n) is 9.88. The number of guanidine groups is 1. The molecule has 0 unspecified atom stereocenters. The predicted octanol–water partition coefficient (Wildman–Crippen LogP) is 4.86. The lowest BCUT2D eigenvalue weighted by Gasteiger charge is -2.14. The van der Waals surface area contributed by atoms with Crippen molar-refractivity contribution in [2.45, 2.75) is 19.4 Å². The molecule has 30 heavy (non-hydrogen) atoms. The van der Waals surface area contributed by atoms with Crippen molar-refractivity contribution in [2.24, 2.45) is 4.99 Å². The Bertz CT molecular complexity index is 930. The quantitative estimate of drug-likeness (QED) is 0.277. The molecule has 1 aromatic heterocycles. The second kappa shape index (κ2) is 11.5. The van der Waals surface area contributed by atoms with Gasteiger partial charge < -0.3 is 24.5 Å². The number of hydrogen-bond acceptors (Lipinski definition) is 4. The standard InChI is InChI=1S/C23H25N3O3.HI/c1-2-6-18(7-3-1)17-25-23(24-12-11-20-8-4-13-27-20)26-19-9-10-21-22(16-19)29-15-5-14-28-21;/h1-4,6-10,13,16H,5,11-12,14-15,17H2,(H2,24,25,26);1H. The minimum absolute atomic E-state index is 0. The van der Waals surface area contributed by atoms with Crippen LogP contribution in [0.5, 0.6) is 11.5 Å². The highest BCUT2D eigenvalue weighted by atomic mass is 127. The van der Waals surface area contributed by atoms with Crippen LogP contribution in [0.4, 0.5) is 5.69 Å². The molecule has 6 nitrogen and oxygen atoms in total. The zero-order valence-electron chi connectivity index (χ0n) is 16.7. The molecule has 0 spiro atoms. The van der Waals surface area contributed by atoms with E-state index in [4.69, 9.17) is 18.9 Å². The molecule has 0 aliphatic carbocycles. The van der Waals surface area contributed by atoms with Gasteiger partial charge in [-0.05, 0) is 29.8 Å². The van der Waals surface area contributed by atoms with E-state index in [1.54, 1.807) is 6.26 Å². The number of nitrogens with one attached hydrogen (secondary N) is 2. The smallest absolute Gasteiger partial charge is 0.196 e. The Balaban J connectivity index is 0.00000256. The van der Waals surface area contributed by atoms with Gasteiger partial charge in [-0.15, -0.1) is 24.0 Å². The van der Waals surface area contributed by atoms with Crippen molar-refractivity contribution in [3.8, 4) is 11.5 Å². The number of furan rings is 1. The molecule has 0 amide bonds. The zero-order chi connectivity index (χ0) is 19.7. The molecule has 2 aromatic carbocycles. The molecule has 1 aliphatic heterocycles. The van der Waals surface area contributed by atoms with Crippen LogP contribution in [0.3, 0.4) is 0 Å². The van der Waals surface area contributed by atoms with E-state index in [9.17, 15) is 0 Å². The predicted molar refractivity (Wildman–Crippen MR) is 129 cm³/mol. The fourth-order valence-electron chi connectivity index (χ4n) is 3.03. The summed E-state index contributed by atoms with van der Waals surface area (Å²) in [4.78, 5) is 4.73. The van der Waals surface area contributed by atoms with Crippen molar-refractivity contribution in [1.82, 2.24) is 5.32 Å². The van der Waals surface area contributed by atoms with E-state index >= 15 is 0 Å². The van der Waals surface area contributed by atoms with E-state index in [2.05, 4.69) is 22.8 Å². The SMILES string of the molecule is I.c1ccc(CN=C(NCCc2ccco2)Nc2ccc3c(c2)OCCCO3)cc1. The molecule has 1 aliphatic rings. The van der Waals surface area contributed by atoms with Crippen molar-refractivity contribution in [1.29, 1.82) is 0 Å². The lowest BCUT2D eigenvalue weighted by atomic mass is 10.2. The van der Waals surface area contributed by atoms with Crippen molar-refractivity contribution < 1.29 is 13.9 Å². The van der Waals surface area contributed by atoms with E-state index in [1.165, 1.54) is 0 Å². The largest absolute Gasteiger partial charge is 0.490 e. The number of benzene rings is 2. The van der Waals surface area contributed by atoms with Crippen LogP contribution in [-0.4, -0.2) is 25.7 Å². The molecule has 0 saturated carbocycles. The molecule has 7 heteroatoms. The van der Waals surface area contributed by atoms with Gasteiger partial charge in [0.2, 0.25) is 0 Å². The molecule has 0 radical (unpaired) electrons. The number of halogens is 1. The number of nitrogens with zero attached hydrogens (tertiary/aromatic N) is 1. The first kappa shape index (κ1) is 22.0. The van der Waals surface area contributed by atoms with Crippen LogP contribution < -0.4 is 20.1 Å². The highest BCUT2D eigenvalue weighted by Gasteiger charge is 2.11. The zero-order valence-corrected chi connectivity index (χ0v) is 19.0. The van der Waals surface area contributed by atoms with Gasteiger partial charge >= 0.3 is 0 Å². The van der Waals surface area contributed by atoms with Crippen molar-refractivity contribution in [3.63, 3.8) is 0 Å². The van der Waals surface area contributed by atoms with Gasteiger partial charge in [0.1, 0.15) is 5.76 Å². The van der Waals surface area contributed by atoms with Crippen LogP contribution in [0.1, 0.15) is 17.7 Å². The van der Waals surface area contributed by atoms with Crippen molar-refractivity contribution in [3.05, 3.63) is 78.3 Å². The first-order chi connectivity index (χ1) is 14.4. The molecule has 4 rings (SSSR count). The Kier molecular flexibility index (Phi) is 8.43. The van der Waals surface area contributed by atoms with Gasteiger partial charge in [-0.1, -0.05) is 30.3 Å². The maximum atomic E-state index is 5.79. The molecule has 3 aromatic rings. The summed E-state index contributed by atoms with van der Waals surface area (Å²) < 4.78 is 16.9. The molecular weight excluding hydrogens is 493 g/mol. The van der Waals surface area contributed by atoms with Crippen molar-refractivity contribution in [2.75, 3.05) is 25.1 Å². The van der Waals surface area contributed by atoms with Gasteiger partial charge in [0.05, 0.1) is 26.0 Å². The molecule has 0 saturated heterocycles. The van der Waals surface area contributed by atoms with Gasteiger partial charge in [0.25, 0.3) is 0 Å². The Morgan fingerprint density at radius 3 is 2.57 bits per heavy atom. The number of fused-ring (bicyclic) bond motifs is 1. The van der Waals surface area contributed by atoms with Crippen LogP contribution >= 0.6 is 24.0 Å². The average Bonchev–Trinajstić information content (AvgIpc) is 3.16. The van der Waals surface area contributed by atoms with E-state index in [0.29, 0.717) is 32.3 Å². The molecule has 0 fully saturated rings. The summed E-state index contributed by atoms with van der Waals surface area (Å²) in [6.07, 6.45) is 3.35. The third-order valence-corrected chi connectivity index (χ3v) is 4.52. The van der Waals surface area contributed by atoms with E-state index in [-0.39, 0.29) is 24.0 Å². The summed E-state index contributed by atoms with van der Waals surface area (Å²) in [5.74, 6) is 3.18. The summed E-state index contributed by atoms with van der Waals surface area (Å²) in [6.45, 7) is 2.63. The second-order valence-corrected chi connectivity index (χ2v) is 6.74. The van der Waals surface area contributed by atoms with E-state index in [0.717, 1.165) is 41.4 Å². The van der Waals surface area contributed by atoms with Crippen LogP contribution in [0.2, 0.25) is 0 Å². The fourth-order valence-corrected chi connectivity index (χ4v) is 3.03. The van der Waals surface area contributed by atoms with Gasteiger partial charge in [-0.3, -0.25) is 0 Å². The van der Waals surface area contributed by atoms with Crippen LogP contribution in [0, 0.1) is 0 Å². The first-order valence-corrected chi connectivity index (χ1v) is 9.88. The lowest BCUT2D eigenvalue weighted by Crippen LogP contribution is -2.32.